The number of rotatable bonds is 3. The number of carbonyl (C=O) groups is 1. The van der Waals surface area contributed by atoms with Gasteiger partial charge >= 0.3 is 0 Å². The van der Waals surface area contributed by atoms with Gasteiger partial charge in [-0.3, -0.25) is 14.9 Å². The lowest BCUT2D eigenvalue weighted by atomic mass is 10.0. The highest BCUT2D eigenvalue weighted by atomic mass is 35.5. The number of carbonyl (C=O) groups excluding carboxylic acids is 1. The molecular formula is C14H20ClN3O3. The summed E-state index contributed by atoms with van der Waals surface area (Å²) in [5.41, 5.74) is 1.38. The van der Waals surface area contributed by atoms with E-state index >= 15 is 0 Å². The van der Waals surface area contributed by atoms with Crippen LogP contribution in [0, 0.1) is 17.0 Å². The molecule has 1 aliphatic rings. The first-order valence-corrected chi connectivity index (χ1v) is 6.73. The zero-order valence-electron chi connectivity index (χ0n) is 12.2. The van der Waals surface area contributed by atoms with Crippen LogP contribution in [0.25, 0.3) is 0 Å². The first-order chi connectivity index (χ1) is 9.49. The van der Waals surface area contributed by atoms with Gasteiger partial charge in [-0.1, -0.05) is 12.1 Å². The molecule has 1 N–H and O–H groups in total. The van der Waals surface area contributed by atoms with Crippen molar-refractivity contribution in [1.29, 1.82) is 0 Å². The summed E-state index contributed by atoms with van der Waals surface area (Å²) in [5.74, 6) is 0.0296. The minimum Gasteiger partial charge on any atom is -0.340 e. The maximum atomic E-state index is 12.3. The molecule has 116 valence electrons. The van der Waals surface area contributed by atoms with Crippen molar-refractivity contribution in [1.82, 2.24) is 10.2 Å². The highest BCUT2D eigenvalue weighted by molar-refractivity contribution is 5.85. The van der Waals surface area contributed by atoms with Gasteiger partial charge in [0.05, 0.1) is 11.3 Å². The SMILES string of the molecule is Cc1c(CC(=O)N2CCN[C@H](C)C2)cccc1[N+](=O)[O-].Cl. The Bertz CT molecular complexity index is 536. The largest absolute Gasteiger partial charge is 0.340 e. The minimum atomic E-state index is -0.407. The predicted octanol–water partition coefficient (Wildman–Crippen LogP) is 1.69. The first-order valence-electron chi connectivity index (χ1n) is 6.73. The fraction of sp³-hybridized carbons (Fsp3) is 0.500. The minimum absolute atomic E-state index is 0. The van der Waals surface area contributed by atoms with Crippen molar-refractivity contribution in [2.45, 2.75) is 26.3 Å². The third kappa shape index (κ3) is 4.15. The number of nitrogens with one attached hydrogen (secondary N) is 1. The van der Waals surface area contributed by atoms with Crippen molar-refractivity contribution in [2.75, 3.05) is 19.6 Å². The molecule has 1 saturated heterocycles. The van der Waals surface area contributed by atoms with E-state index in [-0.39, 0.29) is 30.4 Å². The van der Waals surface area contributed by atoms with E-state index in [9.17, 15) is 14.9 Å². The molecule has 1 heterocycles. The second-order valence-corrected chi connectivity index (χ2v) is 5.19. The molecule has 0 unspecified atom stereocenters. The van der Waals surface area contributed by atoms with E-state index in [0.29, 0.717) is 24.7 Å². The van der Waals surface area contributed by atoms with E-state index in [4.69, 9.17) is 0 Å². The summed E-state index contributed by atoms with van der Waals surface area (Å²) < 4.78 is 0. The summed E-state index contributed by atoms with van der Waals surface area (Å²) in [6, 6.07) is 5.18. The van der Waals surface area contributed by atoms with Gasteiger partial charge in [0.15, 0.2) is 0 Å². The average molecular weight is 314 g/mol. The molecule has 2 rings (SSSR count). The maximum Gasteiger partial charge on any atom is 0.272 e. The Morgan fingerprint density at radius 2 is 2.24 bits per heavy atom. The van der Waals surface area contributed by atoms with Crippen LogP contribution < -0.4 is 5.32 Å². The molecule has 0 bridgehead atoms. The zero-order chi connectivity index (χ0) is 14.7. The quantitative estimate of drug-likeness (QED) is 0.680. The van der Waals surface area contributed by atoms with Crippen LogP contribution in [0.5, 0.6) is 0 Å². The van der Waals surface area contributed by atoms with Gasteiger partial charge in [0, 0.05) is 37.3 Å². The molecule has 21 heavy (non-hydrogen) atoms. The molecule has 6 nitrogen and oxygen atoms in total. The van der Waals surface area contributed by atoms with Crippen molar-refractivity contribution in [3.63, 3.8) is 0 Å². The van der Waals surface area contributed by atoms with Crippen molar-refractivity contribution in [3.8, 4) is 0 Å². The van der Waals surface area contributed by atoms with E-state index in [2.05, 4.69) is 5.32 Å². The molecular weight excluding hydrogens is 294 g/mol. The second kappa shape index (κ2) is 7.38. The van der Waals surface area contributed by atoms with E-state index < -0.39 is 4.92 Å². The third-order valence-electron chi connectivity index (χ3n) is 3.68. The molecule has 1 aromatic rings. The van der Waals surface area contributed by atoms with E-state index in [0.717, 1.165) is 12.1 Å². The summed E-state index contributed by atoms with van der Waals surface area (Å²) >= 11 is 0. The number of piperazine rings is 1. The van der Waals surface area contributed by atoms with Crippen molar-refractivity contribution in [3.05, 3.63) is 39.4 Å². The fourth-order valence-corrected chi connectivity index (χ4v) is 2.49. The van der Waals surface area contributed by atoms with Crippen molar-refractivity contribution in [2.24, 2.45) is 0 Å². The van der Waals surface area contributed by atoms with Gasteiger partial charge < -0.3 is 10.2 Å². The van der Waals surface area contributed by atoms with Gasteiger partial charge in [-0.25, -0.2) is 0 Å². The summed E-state index contributed by atoms with van der Waals surface area (Å²) in [7, 11) is 0. The number of hydrogen-bond acceptors (Lipinski definition) is 4. The highest BCUT2D eigenvalue weighted by Gasteiger charge is 2.22. The van der Waals surface area contributed by atoms with Crippen LogP contribution >= 0.6 is 12.4 Å². The van der Waals surface area contributed by atoms with Crippen LogP contribution in [0.1, 0.15) is 18.1 Å². The Labute approximate surface area is 130 Å². The Morgan fingerprint density at radius 3 is 2.86 bits per heavy atom. The van der Waals surface area contributed by atoms with E-state index in [1.54, 1.807) is 19.1 Å². The zero-order valence-corrected chi connectivity index (χ0v) is 13.0. The van der Waals surface area contributed by atoms with Gasteiger partial charge in [-0.15, -0.1) is 12.4 Å². The van der Waals surface area contributed by atoms with Crippen molar-refractivity contribution < 1.29 is 9.72 Å². The lowest BCUT2D eigenvalue weighted by Gasteiger charge is -2.32. The van der Waals surface area contributed by atoms with Crippen LogP contribution in [0.15, 0.2) is 18.2 Å². The Kier molecular flexibility index (Phi) is 6.11. The lowest BCUT2D eigenvalue weighted by Crippen LogP contribution is -2.51. The molecule has 1 atom stereocenters. The number of benzene rings is 1. The fourth-order valence-electron chi connectivity index (χ4n) is 2.49. The average Bonchev–Trinajstić information content (AvgIpc) is 2.40. The van der Waals surface area contributed by atoms with Gasteiger partial charge in [-0.05, 0) is 19.4 Å². The smallest absolute Gasteiger partial charge is 0.272 e. The van der Waals surface area contributed by atoms with Crippen LogP contribution in [0.4, 0.5) is 5.69 Å². The van der Waals surface area contributed by atoms with Crippen molar-refractivity contribution >= 4 is 24.0 Å². The summed E-state index contributed by atoms with van der Waals surface area (Å²) in [6.07, 6.45) is 0.222. The molecule has 0 aliphatic carbocycles. The van der Waals surface area contributed by atoms with Crippen LogP contribution in [-0.2, 0) is 11.2 Å². The predicted molar refractivity (Wildman–Crippen MR) is 82.8 cm³/mol. The molecule has 1 aliphatic heterocycles. The van der Waals surface area contributed by atoms with Gasteiger partial charge in [0.25, 0.3) is 5.69 Å². The molecule has 1 amide bonds. The van der Waals surface area contributed by atoms with E-state index in [1.807, 2.05) is 11.8 Å². The van der Waals surface area contributed by atoms with E-state index in [1.165, 1.54) is 6.07 Å². The number of nitro benzene ring substituents is 1. The lowest BCUT2D eigenvalue weighted by molar-refractivity contribution is -0.385. The molecule has 1 fully saturated rings. The maximum absolute atomic E-state index is 12.3. The number of nitro groups is 1. The topological polar surface area (TPSA) is 75.5 Å². The highest BCUT2D eigenvalue weighted by Crippen LogP contribution is 2.22. The monoisotopic (exact) mass is 313 g/mol. The molecule has 0 spiro atoms. The molecule has 1 aromatic carbocycles. The summed E-state index contributed by atoms with van der Waals surface area (Å²) in [4.78, 5) is 24.6. The Hall–Kier alpha value is -1.66. The van der Waals surface area contributed by atoms with Crippen LogP contribution in [0.3, 0.4) is 0 Å². The molecule has 0 aromatic heterocycles. The second-order valence-electron chi connectivity index (χ2n) is 5.19. The summed E-state index contributed by atoms with van der Waals surface area (Å²) in [6.45, 7) is 5.91. The number of halogens is 1. The molecule has 7 heteroatoms. The van der Waals surface area contributed by atoms with Crippen LogP contribution in [-0.4, -0.2) is 41.4 Å². The Balaban J connectivity index is 0.00000220. The normalized spacial score (nSPS) is 18.0. The molecule has 0 saturated carbocycles. The molecule has 0 radical (unpaired) electrons. The standard InChI is InChI=1S/C14H19N3O3.ClH/c1-10-9-16(7-6-15-10)14(18)8-12-4-3-5-13(11(12)2)17(19)20;/h3-5,10,15H,6-9H2,1-2H3;1H/t10-;/m1./s1. The third-order valence-corrected chi connectivity index (χ3v) is 3.68. The number of nitrogens with zero attached hydrogens (tertiary/aromatic N) is 2. The summed E-state index contributed by atoms with van der Waals surface area (Å²) in [5, 5.41) is 14.2. The Morgan fingerprint density at radius 1 is 1.52 bits per heavy atom. The first kappa shape index (κ1) is 17.4. The number of hydrogen-bond donors (Lipinski definition) is 1. The van der Waals surface area contributed by atoms with Gasteiger partial charge in [-0.2, -0.15) is 0 Å². The van der Waals surface area contributed by atoms with Crippen LogP contribution in [0.2, 0.25) is 0 Å². The van der Waals surface area contributed by atoms with Gasteiger partial charge in [0.1, 0.15) is 0 Å². The number of amides is 1. The van der Waals surface area contributed by atoms with Gasteiger partial charge in [0.2, 0.25) is 5.91 Å².